The first kappa shape index (κ1) is 27.4. The number of carboxylic acid groups (broad SMARTS) is 2. The minimum Gasteiger partial charge on any atom is -0.480 e. The second-order valence-electron chi connectivity index (χ2n) is 4.18. The van der Waals surface area contributed by atoms with Crippen molar-refractivity contribution in [3.8, 4) is 0 Å². The smallest absolute Gasteiger partial charge is 0.320 e. The van der Waals surface area contributed by atoms with Gasteiger partial charge in [-0.2, -0.15) is 0 Å². The van der Waals surface area contributed by atoms with Crippen LogP contribution in [0.5, 0.6) is 0 Å². The topological polar surface area (TPSA) is 127 Å². The molecule has 2 aliphatic carbocycles. The number of carbonyl (C=O) groups is 2. The average Bonchev–Trinajstić information content (AvgIpc) is 3.18. The maximum atomic E-state index is 9.57. The molecule has 2 fully saturated rings. The number of hydrogen-bond donors (Lipinski definition) is 4. The quantitative estimate of drug-likeness (QED) is 0.544. The molecule has 0 aliphatic heterocycles. The van der Waals surface area contributed by atoms with Crippen LogP contribution < -0.4 is 11.5 Å². The molecule has 0 aromatic rings. The molecule has 10 radical (unpaired) electrons. The van der Waals surface area contributed by atoms with Gasteiger partial charge in [-0.15, -0.1) is 0 Å². The normalized spacial score (nSPS) is 17.6. The third-order valence-electron chi connectivity index (χ3n) is 1.89. The van der Waals surface area contributed by atoms with E-state index < -0.39 is 24.0 Å². The summed E-state index contributed by atoms with van der Waals surface area (Å²) in [5.41, 5.74) is 9.67. The predicted octanol–water partition coefficient (Wildman–Crippen LogP) is 0.877. The first-order valence-electron chi connectivity index (χ1n) is 6.59. The summed E-state index contributed by atoms with van der Waals surface area (Å²) < 4.78 is 0. The summed E-state index contributed by atoms with van der Waals surface area (Å²) >= 11 is 0. The van der Waals surface area contributed by atoms with Crippen molar-refractivity contribution in [1.82, 2.24) is 0 Å². The molecular weight excluding hydrogens is 332 g/mol. The zero-order valence-electron chi connectivity index (χ0n) is 13.3. The van der Waals surface area contributed by atoms with Gasteiger partial charge in [0.25, 0.3) is 0 Å². The van der Waals surface area contributed by atoms with E-state index in [0.717, 1.165) is 0 Å². The van der Waals surface area contributed by atoms with E-state index in [0.29, 0.717) is 0 Å². The van der Waals surface area contributed by atoms with Crippen LogP contribution in [0, 0.1) is 64.2 Å². The van der Waals surface area contributed by atoms with Crippen LogP contribution in [0.1, 0.15) is 13.8 Å². The Morgan fingerprint density at radius 3 is 0.783 bits per heavy atom. The molecule has 0 aromatic heterocycles. The van der Waals surface area contributed by atoms with Crippen LogP contribution in [0.3, 0.4) is 0 Å². The number of hydrogen-bond acceptors (Lipinski definition) is 4. The third kappa shape index (κ3) is 26.8. The molecule has 0 spiro atoms. The summed E-state index contributed by atoms with van der Waals surface area (Å²) in [6, 6.07) is -1.46. The van der Waals surface area contributed by atoms with E-state index in [1.165, 1.54) is 13.8 Å². The predicted molar refractivity (Wildman–Crippen MR) is 85.6 cm³/mol. The molecular formula is C16H24N2O4Ti. The molecule has 0 bridgehead atoms. The Bertz CT molecular complexity index is 236. The Balaban J connectivity index is -0.000000229. The summed E-state index contributed by atoms with van der Waals surface area (Å²) in [4.78, 5) is 19.1. The van der Waals surface area contributed by atoms with Crippen molar-refractivity contribution in [3.63, 3.8) is 0 Å². The fraction of sp³-hybridized carbons (Fsp3) is 0.250. The summed E-state index contributed by atoms with van der Waals surface area (Å²) in [7, 11) is 0. The summed E-state index contributed by atoms with van der Waals surface area (Å²) in [6.07, 6.45) is 20.0. The van der Waals surface area contributed by atoms with Crippen molar-refractivity contribution in [2.75, 3.05) is 0 Å². The summed E-state index contributed by atoms with van der Waals surface area (Å²) in [5, 5.41) is 15.7. The zero-order chi connectivity index (χ0) is 17.4. The molecule has 7 heteroatoms. The molecule has 0 unspecified atom stereocenters. The van der Waals surface area contributed by atoms with Gasteiger partial charge in [0.2, 0.25) is 0 Å². The first-order chi connectivity index (χ1) is 10.3. The molecule has 2 saturated carbocycles. The SMILES string of the molecule is C[C@H](N)C(=O)O.C[C@H](N)C(=O)O.[CH]1[CH][CH][CH][CH]1.[CH]1[CH][CH][CH][CH]1.[Ti]. The number of carboxylic acids is 2. The molecule has 23 heavy (non-hydrogen) atoms. The van der Waals surface area contributed by atoms with E-state index in [2.05, 4.69) is 0 Å². The molecule has 0 amide bonds. The van der Waals surface area contributed by atoms with Crippen LogP contribution in [0.15, 0.2) is 0 Å². The van der Waals surface area contributed by atoms with Gasteiger partial charge in [-0.25, -0.2) is 0 Å². The van der Waals surface area contributed by atoms with Crippen molar-refractivity contribution >= 4 is 11.9 Å². The van der Waals surface area contributed by atoms with E-state index in [1.807, 2.05) is 64.2 Å². The fourth-order valence-electron chi connectivity index (χ4n) is 0.642. The van der Waals surface area contributed by atoms with E-state index in [1.54, 1.807) is 0 Å². The molecule has 6 N–H and O–H groups in total. The van der Waals surface area contributed by atoms with E-state index in [-0.39, 0.29) is 21.7 Å². The number of nitrogens with two attached hydrogens (primary N) is 2. The number of rotatable bonds is 2. The van der Waals surface area contributed by atoms with Gasteiger partial charge >= 0.3 is 11.9 Å². The monoisotopic (exact) mass is 356 g/mol. The molecule has 0 heterocycles. The molecule has 6 nitrogen and oxygen atoms in total. The molecule has 2 rings (SSSR count). The van der Waals surface area contributed by atoms with Crippen LogP contribution in [-0.2, 0) is 31.3 Å². The Hall–Kier alpha value is -0.426. The van der Waals surface area contributed by atoms with Gasteiger partial charge in [0.15, 0.2) is 0 Å². The zero-order valence-corrected chi connectivity index (χ0v) is 14.9. The Morgan fingerprint density at radius 1 is 0.652 bits per heavy atom. The van der Waals surface area contributed by atoms with Crippen molar-refractivity contribution < 1.29 is 41.5 Å². The van der Waals surface area contributed by atoms with Crippen LogP contribution in [-0.4, -0.2) is 34.2 Å². The minimum absolute atomic E-state index is 0. The van der Waals surface area contributed by atoms with E-state index in [9.17, 15) is 9.59 Å². The Labute approximate surface area is 155 Å². The third-order valence-corrected chi connectivity index (χ3v) is 1.89. The van der Waals surface area contributed by atoms with Crippen molar-refractivity contribution in [2.24, 2.45) is 11.5 Å². The van der Waals surface area contributed by atoms with Crippen LogP contribution in [0.25, 0.3) is 0 Å². The van der Waals surface area contributed by atoms with Crippen LogP contribution in [0.2, 0.25) is 0 Å². The largest absolute Gasteiger partial charge is 0.480 e. The fourth-order valence-corrected chi connectivity index (χ4v) is 0.642. The standard InChI is InChI=1S/2C5H5.2C3H7NO2.Ti/c2*1-2-4-5-3-1;2*1-2(4)3(5)6;/h2*1-5H;2*2H,4H2,1H3,(H,5,6);/t;;2*2-;/m..00./s1. The summed E-state index contributed by atoms with van der Waals surface area (Å²) in [6.45, 7) is 2.84. The second kappa shape index (κ2) is 19.6. The molecule has 126 valence electrons. The van der Waals surface area contributed by atoms with E-state index >= 15 is 0 Å². The first-order valence-corrected chi connectivity index (χ1v) is 6.59. The van der Waals surface area contributed by atoms with E-state index in [4.69, 9.17) is 21.7 Å². The average molecular weight is 356 g/mol. The Morgan fingerprint density at radius 2 is 0.739 bits per heavy atom. The van der Waals surface area contributed by atoms with Crippen molar-refractivity contribution in [1.29, 1.82) is 0 Å². The minimum atomic E-state index is -0.963. The maximum absolute atomic E-state index is 9.57. The Kier molecular flexibility index (Phi) is 23.4. The second-order valence-corrected chi connectivity index (χ2v) is 4.18. The molecule has 2 aliphatic rings. The molecule has 0 saturated heterocycles. The van der Waals surface area contributed by atoms with Gasteiger partial charge in [-0.05, 0) is 78.1 Å². The van der Waals surface area contributed by atoms with Gasteiger partial charge in [0.1, 0.15) is 12.1 Å². The van der Waals surface area contributed by atoms with Crippen LogP contribution >= 0.6 is 0 Å². The van der Waals surface area contributed by atoms with Crippen molar-refractivity contribution in [3.05, 3.63) is 64.2 Å². The molecule has 0 aromatic carbocycles. The van der Waals surface area contributed by atoms with Gasteiger partial charge in [0.05, 0.1) is 0 Å². The van der Waals surface area contributed by atoms with Gasteiger partial charge in [-0.3, -0.25) is 9.59 Å². The van der Waals surface area contributed by atoms with Gasteiger partial charge in [0, 0.05) is 21.7 Å². The van der Waals surface area contributed by atoms with Gasteiger partial charge in [-0.1, -0.05) is 0 Å². The molecule has 2 atom stereocenters. The van der Waals surface area contributed by atoms with Crippen LogP contribution in [0.4, 0.5) is 0 Å². The van der Waals surface area contributed by atoms with Gasteiger partial charge < -0.3 is 21.7 Å². The summed E-state index contributed by atoms with van der Waals surface area (Å²) in [5.74, 6) is -1.93. The maximum Gasteiger partial charge on any atom is 0.320 e. The number of aliphatic carboxylic acids is 2. The van der Waals surface area contributed by atoms with Crippen molar-refractivity contribution in [2.45, 2.75) is 25.9 Å².